The van der Waals surface area contributed by atoms with E-state index in [0.29, 0.717) is 10.3 Å². The largest absolute Gasteiger partial charge is 0.395 e. The second-order valence-electron chi connectivity index (χ2n) is 6.23. The Labute approximate surface area is 149 Å². The minimum atomic E-state index is -3.64. The summed E-state index contributed by atoms with van der Waals surface area (Å²) in [6.45, 7) is 6.11. The maximum atomic E-state index is 12.4. The van der Waals surface area contributed by atoms with E-state index in [9.17, 15) is 13.5 Å². The first-order valence-corrected chi connectivity index (χ1v) is 10.9. The van der Waals surface area contributed by atoms with Crippen LogP contribution >= 0.6 is 22.9 Å². The summed E-state index contributed by atoms with van der Waals surface area (Å²) in [5.74, 6) is 0.408. The van der Waals surface area contributed by atoms with Gasteiger partial charge in [0.15, 0.2) is 0 Å². The Morgan fingerprint density at radius 2 is 1.96 bits per heavy atom. The maximum absolute atomic E-state index is 12.4. The summed E-state index contributed by atoms with van der Waals surface area (Å²) in [6.07, 6.45) is 5.47. The summed E-state index contributed by atoms with van der Waals surface area (Å²) in [5, 5.41) is 9.71. The van der Waals surface area contributed by atoms with E-state index in [-0.39, 0.29) is 16.7 Å². The maximum Gasteiger partial charge on any atom is 0.250 e. The summed E-state index contributed by atoms with van der Waals surface area (Å²) in [7, 11) is -3.64. The van der Waals surface area contributed by atoms with Crippen molar-refractivity contribution in [3.05, 3.63) is 16.5 Å². The van der Waals surface area contributed by atoms with Crippen molar-refractivity contribution in [2.24, 2.45) is 11.8 Å². The molecule has 0 radical (unpaired) electrons. The lowest BCUT2D eigenvalue weighted by Gasteiger charge is -2.29. The number of nitrogens with one attached hydrogen (secondary N) is 1. The van der Waals surface area contributed by atoms with Crippen molar-refractivity contribution in [1.82, 2.24) is 4.72 Å². The van der Waals surface area contributed by atoms with E-state index in [1.165, 1.54) is 18.9 Å². The first kappa shape index (κ1) is 20.9. The number of aliphatic hydroxyl groups excluding tert-OH is 1. The number of rotatable bonds is 11. The molecule has 23 heavy (non-hydrogen) atoms. The van der Waals surface area contributed by atoms with Crippen molar-refractivity contribution in [3.8, 4) is 0 Å². The van der Waals surface area contributed by atoms with Crippen LogP contribution in [0.25, 0.3) is 0 Å². The quantitative estimate of drug-likeness (QED) is 0.562. The molecule has 0 aliphatic carbocycles. The lowest BCUT2D eigenvalue weighted by atomic mass is 9.84. The minimum absolute atomic E-state index is 0.113. The van der Waals surface area contributed by atoms with Crippen LogP contribution in [0.15, 0.2) is 16.3 Å². The van der Waals surface area contributed by atoms with E-state index in [1.807, 2.05) is 0 Å². The first-order chi connectivity index (χ1) is 10.8. The fourth-order valence-electron chi connectivity index (χ4n) is 2.77. The van der Waals surface area contributed by atoms with Gasteiger partial charge in [0, 0.05) is 6.04 Å². The lowest BCUT2D eigenvalue weighted by Crippen LogP contribution is -2.44. The molecule has 0 bridgehead atoms. The minimum Gasteiger partial charge on any atom is -0.395 e. The molecule has 0 spiro atoms. The van der Waals surface area contributed by atoms with Gasteiger partial charge >= 0.3 is 0 Å². The summed E-state index contributed by atoms with van der Waals surface area (Å²) in [5.41, 5.74) is 0. The molecule has 1 heterocycles. The van der Waals surface area contributed by atoms with Crippen LogP contribution in [0.4, 0.5) is 0 Å². The molecule has 0 aromatic carbocycles. The predicted octanol–water partition coefficient (Wildman–Crippen LogP) is 4.28. The van der Waals surface area contributed by atoms with Crippen LogP contribution in [0, 0.1) is 11.8 Å². The molecule has 2 N–H and O–H groups in total. The molecule has 0 fully saturated rings. The summed E-state index contributed by atoms with van der Waals surface area (Å²) >= 11 is 6.85. The molecule has 1 aromatic heterocycles. The Balaban J connectivity index is 2.78. The second kappa shape index (κ2) is 9.99. The topological polar surface area (TPSA) is 66.4 Å². The van der Waals surface area contributed by atoms with Gasteiger partial charge in [-0.1, -0.05) is 58.1 Å². The molecule has 4 nitrogen and oxygen atoms in total. The third-order valence-electron chi connectivity index (χ3n) is 4.08. The van der Waals surface area contributed by atoms with Gasteiger partial charge in [0.05, 0.1) is 10.9 Å². The Morgan fingerprint density at radius 1 is 1.26 bits per heavy atom. The molecule has 1 aromatic rings. The lowest BCUT2D eigenvalue weighted by molar-refractivity contribution is 0.177. The number of hydrogen-bond acceptors (Lipinski definition) is 4. The highest BCUT2D eigenvalue weighted by Crippen LogP contribution is 2.28. The molecule has 1 rings (SSSR count). The van der Waals surface area contributed by atoms with Gasteiger partial charge in [0.1, 0.15) is 4.21 Å². The van der Waals surface area contributed by atoms with Gasteiger partial charge in [-0.15, -0.1) is 11.3 Å². The van der Waals surface area contributed by atoms with Crippen LogP contribution in [0.2, 0.25) is 4.34 Å². The van der Waals surface area contributed by atoms with E-state index in [1.54, 1.807) is 6.07 Å². The third-order valence-corrected chi connectivity index (χ3v) is 7.29. The Bertz CT molecular complexity index is 557. The zero-order chi connectivity index (χ0) is 17.5. The van der Waals surface area contributed by atoms with Gasteiger partial charge in [-0.2, -0.15) is 0 Å². The number of aliphatic hydroxyl groups is 1. The zero-order valence-corrected chi connectivity index (χ0v) is 16.5. The van der Waals surface area contributed by atoms with E-state index in [0.717, 1.165) is 30.6 Å². The van der Waals surface area contributed by atoms with Gasteiger partial charge < -0.3 is 5.11 Å². The Morgan fingerprint density at radius 3 is 2.43 bits per heavy atom. The summed E-state index contributed by atoms with van der Waals surface area (Å²) < 4.78 is 28.2. The zero-order valence-electron chi connectivity index (χ0n) is 14.1. The molecule has 0 saturated carbocycles. The van der Waals surface area contributed by atoms with Crippen molar-refractivity contribution in [1.29, 1.82) is 0 Å². The van der Waals surface area contributed by atoms with E-state index in [2.05, 4.69) is 25.5 Å². The average molecular weight is 382 g/mol. The second-order valence-corrected chi connectivity index (χ2v) is 9.88. The highest BCUT2D eigenvalue weighted by molar-refractivity contribution is 7.91. The molecule has 7 heteroatoms. The third kappa shape index (κ3) is 6.70. The van der Waals surface area contributed by atoms with Gasteiger partial charge in [-0.3, -0.25) is 0 Å². The number of unbranched alkanes of at least 4 members (excludes halogenated alkanes) is 3. The number of halogens is 1. The van der Waals surface area contributed by atoms with E-state index in [4.69, 9.17) is 11.6 Å². The molecule has 134 valence electrons. The van der Waals surface area contributed by atoms with Crippen molar-refractivity contribution in [2.45, 2.75) is 63.1 Å². The highest BCUT2D eigenvalue weighted by Gasteiger charge is 2.29. The SMILES string of the molecule is CCCCCC[C@@H](C(C)C)[C@@H](CO)NS(=O)(=O)c1ccc(Cl)s1. The van der Waals surface area contributed by atoms with Crippen LogP contribution in [0.1, 0.15) is 52.9 Å². The molecular formula is C16H28ClNO3S2. The van der Waals surface area contributed by atoms with Crippen LogP contribution in [-0.2, 0) is 10.0 Å². The molecule has 0 aliphatic heterocycles. The fraction of sp³-hybridized carbons (Fsp3) is 0.750. The average Bonchev–Trinajstić information content (AvgIpc) is 2.92. The van der Waals surface area contributed by atoms with E-state index >= 15 is 0 Å². The standard InChI is InChI=1S/C16H28ClNO3S2/c1-4-5-6-7-8-13(12(2)3)14(11-19)18-23(20,21)16-10-9-15(17)22-16/h9-10,12-14,18-19H,4-8,11H2,1-3H3/t13-,14+/m0/s1. The van der Waals surface area contributed by atoms with Crippen LogP contribution < -0.4 is 4.72 Å². The number of hydrogen-bond donors (Lipinski definition) is 2. The molecule has 0 unspecified atom stereocenters. The number of thiophene rings is 1. The van der Waals surface area contributed by atoms with Crippen LogP contribution in [0.5, 0.6) is 0 Å². The normalized spacial score (nSPS) is 15.0. The monoisotopic (exact) mass is 381 g/mol. The van der Waals surface area contributed by atoms with Crippen molar-refractivity contribution < 1.29 is 13.5 Å². The smallest absolute Gasteiger partial charge is 0.250 e. The van der Waals surface area contributed by atoms with Crippen LogP contribution in [-0.4, -0.2) is 26.2 Å². The summed E-state index contributed by atoms with van der Waals surface area (Å²) in [6, 6.07) is 2.59. The number of sulfonamides is 1. The molecule has 2 atom stereocenters. The molecular weight excluding hydrogens is 354 g/mol. The first-order valence-electron chi connectivity index (χ1n) is 8.20. The van der Waals surface area contributed by atoms with Gasteiger partial charge in [0.2, 0.25) is 10.0 Å². The summed E-state index contributed by atoms with van der Waals surface area (Å²) in [4.78, 5) is 0. The molecule has 0 amide bonds. The fourth-order valence-corrected chi connectivity index (χ4v) is 5.54. The van der Waals surface area contributed by atoms with E-state index < -0.39 is 16.1 Å². The molecule has 0 aliphatic rings. The van der Waals surface area contributed by atoms with Gasteiger partial charge in [-0.05, 0) is 30.4 Å². The van der Waals surface area contributed by atoms with Crippen molar-refractivity contribution in [2.75, 3.05) is 6.61 Å². The van der Waals surface area contributed by atoms with Gasteiger partial charge in [-0.25, -0.2) is 13.1 Å². The van der Waals surface area contributed by atoms with Crippen molar-refractivity contribution >= 4 is 33.0 Å². The molecule has 0 saturated heterocycles. The predicted molar refractivity (Wildman–Crippen MR) is 97.6 cm³/mol. The van der Waals surface area contributed by atoms with Gasteiger partial charge in [0.25, 0.3) is 0 Å². The van der Waals surface area contributed by atoms with Crippen LogP contribution in [0.3, 0.4) is 0 Å². The highest BCUT2D eigenvalue weighted by atomic mass is 35.5. The Kier molecular flexibility index (Phi) is 9.08. The van der Waals surface area contributed by atoms with Crippen molar-refractivity contribution in [3.63, 3.8) is 0 Å². The Hall–Kier alpha value is -0.140.